The van der Waals surface area contributed by atoms with Gasteiger partial charge in [-0.1, -0.05) is 17.7 Å². The molecule has 1 aromatic carbocycles. The van der Waals surface area contributed by atoms with Crippen LogP contribution in [-0.4, -0.2) is 6.67 Å². The van der Waals surface area contributed by atoms with E-state index in [4.69, 9.17) is 17.3 Å². The Hall–Kier alpha value is -0.670. The summed E-state index contributed by atoms with van der Waals surface area (Å²) < 4.78 is 24.6. The Morgan fingerprint density at radius 3 is 2.69 bits per heavy atom. The zero-order valence-corrected chi connectivity index (χ0v) is 7.69. The Bertz CT molecular complexity index is 291. The number of hydrogen-bond acceptors (Lipinski definition) is 1. The molecular formula is C9H10ClF2N. The first-order valence-corrected chi connectivity index (χ1v) is 4.29. The highest BCUT2D eigenvalue weighted by atomic mass is 35.5. The summed E-state index contributed by atoms with van der Waals surface area (Å²) in [5.41, 5.74) is 6.26. The van der Waals surface area contributed by atoms with Crippen LogP contribution in [-0.2, 0) is 0 Å². The molecule has 0 radical (unpaired) electrons. The Morgan fingerprint density at radius 1 is 1.46 bits per heavy atom. The highest BCUT2D eigenvalue weighted by molar-refractivity contribution is 6.30. The quantitative estimate of drug-likeness (QED) is 0.807. The van der Waals surface area contributed by atoms with Crippen molar-refractivity contribution in [2.24, 2.45) is 5.73 Å². The monoisotopic (exact) mass is 205 g/mol. The zero-order chi connectivity index (χ0) is 9.84. The van der Waals surface area contributed by atoms with Crippen LogP contribution in [0.5, 0.6) is 0 Å². The number of nitrogens with two attached hydrogens (primary N) is 1. The molecule has 1 nitrogen and oxygen atoms in total. The van der Waals surface area contributed by atoms with Crippen LogP contribution in [0.3, 0.4) is 0 Å². The fourth-order valence-corrected chi connectivity index (χ4v) is 1.22. The summed E-state index contributed by atoms with van der Waals surface area (Å²) in [7, 11) is 0. The second-order valence-electron chi connectivity index (χ2n) is 2.76. The Balaban J connectivity index is 2.84. The highest BCUT2D eigenvalue weighted by Gasteiger charge is 2.07. The number of halogens is 3. The average Bonchev–Trinajstić information content (AvgIpc) is 2.10. The van der Waals surface area contributed by atoms with E-state index in [1.165, 1.54) is 18.2 Å². The van der Waals surface area contributed by atoms with Crippen molar-refractivity contribution in [3.8, 4) is 0 Å². The van der Waals surface area contributed by atoms with Crippen LogP contribution >= 0.6 is 11.6 Å². The fourth-order valence-electron chi connectivity index (χ4n) is 1.03. The predicted molar refractivity (Wildman–Crippen MR) is 48.9 cm³/mol. The molecule has 0 aliphatic carbocycles. The lowest BCUT2D eigenvalue weighted by atomic mass is 10.1. The third-order valence-corrected chi connectivity index (χ3v) is 2.08. The van der Waals surface area contributed by atoms with E-state index >= 15 is 0 Å². The minimum absolute atomic E-state index is 0.0202. The van der Waals surface area contributed by atoms with Gasteiger partial charge in [-0.25, -0.2) is 4.39 Å². The summed E-state index contributed by atoms with van der Waals surface area (Å²) in [6.45, 7) is -0.490. The topological polar surface area (TPSA) is 26.0 Å². The summed E-state index contributed by atoms with van der Waals surface area (Å²) in [6.07, 6.45) is 0.224. The van der Waals surface area contributed by atoms with E-state index in [0.717, 1.165) is 0 Å². The van der Waals surface area contributed by atoms with Crippen LogP contribution in [0.2, 0.25) is 5.02 Å². The standard InChI is InChI=1S/C9H10ClF2N/c10-7-5-6(1-2-8(7)12)9(13)3-4-11/h1-2,5,9H,3-4,13H2/t9-/m1/s1. The van der Waals surface area contributed by atoms with Gasteiger partial charge in [0.2, 0.25) is 0 Å². The molecule has 0 aromatic heterocycles. The van der Waals surface area contributed by atoms with Crippen molar-refractivity contribution in [2.45, 2.75) is 12.5 Å². The lowest BCUT2D eigenvalue weighted by Crippen LogP contribution is -2.10. The first-order valence-electron chi connectivity index (χ1n) is 3.91. The average molecular weight is 206 g/mol. The van der Waals surface area contributed by atoms with E-state index in [1.807, 2.05) is 0 Å². The number of alkyl halides is 1. The van der Waals surface area contributed by atoms with Gasteiger partial charge in [-0.15, -0.1) is 0 Å². The van der Waals surface area contributed by atoms with Crippen LogP contribution in [0.15, 0.2) is 18.2 Å². The van der Waals surface area contributed by atoms with E-state index in [2.05, 4.69) is 0 Å². The number of rotatable bonds is 3. The summed E-state index contributed by atoms with van der Waals surface area (Å²) in [5.74, 6) is -0.488. The third-order valence-electron chi connectivity index (χ3n) is 1.79. The molecule has 1 rings (SSSR count). The second-order valence-corrected chi connectivity index (χ2v) is 3.16. The molecule has 0 saturated carbocycles. The molecule has 0 aliphatic rings. The van der Waals surface area contributed by atoms with E-state index in [1.54, 1.807) is 0 Å². The van der Waals surface area contributed by atoms with E-state index in [-0.39, 0.29) is 11.4 Å². The maximum absolute atomic E-state index is 12.7. The van der Waals surface area contributed by atoms with Gasteiger partial charge in [0.15, 0.2) is 0 Å². The summed E-state index contributed by atoms with van der Waals surface area (Å²) in [5, 5.41) is 0.0202. The Labute approximate surface area is 80.5 Å². The Morgan fingerprint density at radius 2 is 2.15 bits per heavy atom. The molecule has 0 saturated heterocycles. The van der Waals surface area contributed by atoms with E-state index in [0.29, 0.717) is 5.56 Å². The minimum atomic E-state index is -0.490. The molecule has 0 bridgehead atoms. The maximum Gasteiger partial charge on any atom is 0.141 e. The van der Waals surface area contributed by atoms with Crippen LogP contribution in [0.4, 0.5) is 8.78 Å². The SMILES string of the molecule is N[C@H](CCF)c1ccc(F)c(Cl)c1. The molecule has 0 amide bonds. The first kappa shape index (κ1) is 10.4. The van der Waals surface area contributed by atoms with Crippen molar-refractivity contribution in [1.82, 2.24) is 0 Å². The molecule has 13 heavy (non-hydrogen) atoms. The van der Waals surface area contributed by atoms with Crippen molar-refractivity contribution in [2.75, 3.05) is 6.67 Å². The highest BCUT2D eigenvalue weighted by Crippen LogP contribution is 2.21. The van der Waals surface area contributed by atoms with E-state index < -0.39 is 18.5 Å². The smallest absolute Gasteiger partial charge is 0.141 e. The molecule has 0 unspecified atom stereocenters. The third kappa shape index (κ3) is 2.64. The second kappa shape index (κ2) is 4.53. The lowest BCUT2D eigenvalue weighted by molar-refractivity contribution is 0.441. The van der Waals surface area contributed by atoms with Crippen molar-refractivity contribution in [3.63, 3.8) is 0 Å². The number of hydrogen-bond donors (Lipinski definition) is 1. The molecule has 1 atom stereocenters. The van der Waals surface area contributed by atoms with Crippen molar-refractivity contribution in [1.29, 1.82) is 0 Å². The van der Waals surface area contributed by atoms with Crippen LogP contribution < -0.4 is 5.73 Å². The zero-order valence-electron chi connectivity index (χ0n) is 6.93. The molecular weight excluding hydrogens is 196 g/mol. The van der Waals surface area contributed by atoms with Crippen LogP contribution in [0.25, 0.3) is 0 Å². The van der Waals surface area contributed by atoms with Gasteiger partial charge in [-0.2, -0.15) is 0 Å². The summed E-state index contributed by atoms with van der Waals surface area (Å²) in [6, 6.07) is 3.76. The molecule has 0 spiro atoms. The molecule has 72 valence electrons. The molecule has 0 heterocycles. The molecule has 1 aromatic rings. The van der Waals surface area contributed by atoms with E-state index in [9.17, 15) is 8.78 Å². The predicted octanol–water partition coefficient (Wildman–Crippen LogP) is 2.84. The summed E-state index contributed by atoms with van der Waals surface area (Å²) >= 11 is 5.53. The van der Waals surface area contributed by atoms with Gasteiger partial charge < -0.3 is 5.73 Å². The van der Waals surface area contributed by atoms with Gasteiger partial charge >= 0.3 is 0 Å². The van der Waals surface area contributed by atoms with Gasteiger partial charge in [0.25, 0.3) is 0 Å². The normalized spacial score (nSPS) is 12.9. The first-order chi connectivity index (χ1) is 6.15. The number of benzene rings is 1. The minimum Gasteiger partial charge on any atom is -0.324 e. The maximum atomic E-state index is 12.7. The van der Waals surface area contributed by atoms with Gasteiger partial charge in [0, 0.05) is 6.04 Å². The van der Waals surface area contributed by atoms with Gasteiger partial charge in [0.1, 0.15) is 5.82 Å². The Kier molecular flexibility index (Phi) is 3.63. The van der Waals surface area contributed by atoms with Gasteiger partial charge in [-0.05, 0) is 24.1 Å². The van der Waals surface area contributed by atoms with Crippen LogP contribution in [0.1, 0.15) is 18.0 Å². The van der Waals surface area contributed by atoms with Crippen molar-refractivity contribution in [3.05, 3.63) is 34.6 Å². The van der Waals surface area contributed by atoms with Crippen molar-refractivity contribution >= 4 is 11.6 Å². The van der Waals surface area contributed by atoms with Gasteiger partial charge in [-0.3, -0.25) is 4.39 Å². The van der Waals surface area contributed by atoms with Gasteiger partial charge in [0.05, 0.1) is 11.7 Å². The van der Waals surface area contributed by atoms with Crippen molar-refractivity contribution < 1.29 is 8.78 Å². The lowest BCUT2D eigenvalue weighted by Gasteiger charge is -2.09. The van der Waals surface area contributed by atoms with Crippen LogP contribution in [0, 0.1) is 5.82 Å². The molecule has 4 heteroatoms. The fraction of sp³-hybridized carbons (Fsp3) is 0.333. The summed E-state index contributed by atoms with van der Waals surface area (Å²) in [4.78, 5) is 0. The molecule has 0 aliphatic heterocycles. The largest absolute Gasteiger partial charge is 0.324 e. The molecule has 2 N–H and O–H groups in total. The molecule has 0 fully saturated rings.